The van der Waals surface area contributed by atoms with Gasteiger partial charge in [0, 0.05) is 6.54 Å². The van der Waals surface area contributed by atoms with Crippen molar-refractivity contribution in [3.63, 3.8) is 0 Å². The molecule has 0 spiro atoms. The van der Waals surface area contributed by atoms with E-state index in [1.165, 1.54) is 12.8 Å². The van der Waals surface area contributed by atoms with Crippen molar-refractivity contribution in [3.8, 4) is 0 Å². The molecule has 4 nitrogen and oxygen atoms in total. The highest BCUT2D eigenvalue weighted by Crippen LogP contribution is 2.19. The van der Waals surface area contributed by atoms with Gasteiger partial charge in [0.2, 0.25) is 10.0 Å². The minimum Gasteiger partial charge on any atom is -0.398 e. The van der Waals surface area contributed by atoms with E-state index in [0.717, 1.165) is 30.7 Å². The molecule has 0 radical (unpaired) electrons. The van der Waals surface area contributed by atoms with E-state index < -0.39 is 10.0 Å². The van der Waals surface area contributed by atoms with E-state index in [-0.39, 0.29) is 4.90 Å². The van der Waals surface area contributed by atoms with Crippen LogP contribution in [0.1, 0.15) is 51.5 Å². The highest BCUT2D eigenvalue weighted by Gasteiger charge is 2.16. The van der Waals surface area contributed by atoms with Crippen LogP contribution in [-0.4, -0.2) is 15.0 Å². The summed E-state index contributed by atoms with van der Waals surface area (Å²) < 4.78 is 26.9. The van der Waals surface area contributed by atoms with Crippen LogP contribution in [0.3, 0.4) is 0 Å². The molecule has 21 heavy (non-hydrogen) atoms. The largest absolute Gasteiger partial charge is 0.398 e. The van der Waals surface area contributed by atoms with Gasteiger partial charge in [-0.25, -0.2) is 13.1 Å². The van der Waals surface area contributed by atoms with Gasteiger partial charge in [0.05, 0.1) is 5.69 Å². The van der Waals surface area contributed by atoms with Crippen LogP contribution in [0.25, 0.3) is 0 Å². The lowest BCUT2D eigenvalue weighted by atomic mass is 10.0. The number of benzene rings is 1. The average Bonchev–Trinajstić information content (AvgIpc) is 2.36. The fourth-order valence-electron chi connectivity index (χ4n) is 2.23. The quantitative estimate of drug-likeness (QED) is 0.542. The maximum Gasteiger partial charge on any atom is 0.242 e. The molecule has 0 aliphatic carbocycles. The molecule has 0 fully saturated rings. The molecule has 0 aliphatic rings. The van der Waals surface area contributed by atoms with Gasteiger partial charge in [-0.3, -0.25) is 0 Å². The third-order valence-electron chi connectivity index (χ3n) is 3.46. The van der Waals surface area contributed by atoms with Gasteiger partial charge in [-0.15, -0.1) is 0 Å². The fourth-order valence-corrected chi connectivity index (χ4v) is 3.41. The summed E-state index contributed by atoms with van der Waals surface area (Å²) in [7, 11) is -3.49. The van der Waals surface area contributed by atoms with Crippen LogP contribution in [0.5, 0.6) is 0 Å². The van der Waals surface area contributed by atoms with Crippen molar-refractivity contribution in [2.24, 2.45) is 5.92 Å². The fraction of sp³-hybridized carbons (Fsp3) is 0.625. The van der Waals surface area contributed by atoms with Crippen LogP contribution in [0.2, 0.25) is 0 Å². The Kier molecular flexibility index (Phi) is 7.18. The van der Waals surface area contributed by atoms with Crippen molar-refractivity contribution in [3.05, 3.63) is 23.8 Å². The maximum atomic E-state index is 12.2. The van der Waals surface area contributed by atoms with Gasteiger partial charge >= 0.3 is 0 Å². The predicted molar refractivity (Wildman–Crippen MR) is 88.7 cm³/mol. The number of hydrogen-bond acceptors (Lipinski definition) is 3. The first-order valence-electron chi connectivity index (χ1n) is 7.68. The van der Waals surface area contributed by atoms with Crippen molar-refractivity contribution in [1.82, 2.24) is 4.72 Å². The van der Waals surface area contributed by atoms with Gasteiger partial charge in [-0.2, -0.15) is 0 Å². The molecule has 0 heterocycles. The number of hydrogen-bond donors (Lipinski definition) is 2. The Morgan fingerprint density at radius 3 is 2.43 bits per heavy atom. The van der Waals surface area contributed by atoms with Crippen LogP contribution in [-0.2, 0) is 10.0 Å². The zero-order chi connectivity index (χ0) is 15.9. The third-order valence-corrected chi connectivity index (χ3v) is 4.99. The molecule has 1 aromatic carbocycles. The summed E-state index contributed by atoms with van der Waals surface area (Å²) in [5, 5.41) is 0. The minimum atomic E-state index is -3.49. The van der Waals surface area contributed by atoms with Crippen LogP contribution in [0.15, 0.2) is 23.1 Å². The topological polar surface area (TPSA) is 72.2 Å². The normalized spacial score (nSPS) is 12.0. The highest BCUT2D eigenvalue weighted by atomic mass is 32.2. The van der Waals surface area contributed by atoms with E-state index in [4.69, 9.17) is 5.73 Å². The van der Waals surface area contributed by atoms with E-state index in [1.54, 1.807) is 18.2 Å². The van der Waals surface area contributed by atoms with E-state index in [2.05, 4.69) is 18.6 Å². The van der Waals surface area contributed by atoms with Crippen LogP contribution in [0, 0.1) is 12.8 Å². The number of nitrogens with two attached hydrogens (primary N) is 1. The molecule has 120 valence electrons. The number of rotatable bonds is 9. The second-order valence-corrected chi connectivity index (χ2v) is 7.77. The van der Waals surface area contributed by atoms with Gasteiger partial charge < -0.3 is 5.73 Å². The molecule has 0 amide bonds. The van der Waals surface area contributed by atoms with Crippen molar-refractivity contribution in [2.75, 3.05) is 12.3 Å². The first kappa shape index (κ1) is 18.0. The van der Waals surface area contributed by atoms with E-state index in [0.29, 0.717) is 12.2 Å². The molecule has 5 heteroatoms. The highest BCUT2D eigenvalue weighted by molar-refractivity contribution is 7.89. The molecule has 0 bridgehead atoms. The number of sulfonamides is 1. The monoisotopic (exact) mass is 312 g/mol. The molecular weight excluding hydrogens is 284 g/mol. The Hall–Kier alpha value is -1.07. The van der Waals surface area contributed by atoms with Gasteiger partial charge in [0.15, 0.2) is 0 Å². The van der Waals surface area contributed by atoms with Crippen molar-refractivity contribution in [1.29, 1.82) is 0 Å². The van der Waals surface area contributed by atoms with Gasteiger partial charge in [-0.1, -0.05) is 45.6 Å². The Labute approximate surface area is 129 Å². The predicted octanol–water partition coefficient (Wildman–Crippen LogP) is 3.46. The molecule has 0 atom stereocenters. The Bertz CT molecular complexity index is 539. The van der Waals surface area contributed by atoms with Crippen LogP contribution >= 0.6 is 0 Å². The summed E-state index contributed by atoms with van der Waals surface area (Å²) in [6, 6.07) is 5.01. The SMILES string of the molecule is Cc1ccc(S(=O)(=O)NCCCCCCC(C)C)c(N)c1. The zero-order valence-corrected chi connectivity index (χ0v) is 14.2. The Balaban J connectivity index is 2.37. The third kappa shape index (κ3) is 6.48. The zero-order valence-electron chi connectivity index (χ0n) is 13.4. The lowest BCUT2D eigenvalue weighted by Gasteiger charge is -2.10. The second-order valence-electron chi connectivity index (χ2n) is 6.04. The molecule has 0 aliphatic heterocycles. The van der Waals surface area contributed by atoms with E-state index in [1.807, 2.05) is 6.92 Å². The number of unbranched alkanes of at least 4 members (excludes halogenated alkanes) is 3. The smallest absolute Gasteiger partial charge is 0.242 e. The summed E-state index contributed by atoms with van der Waals surface area (Å²) in [5.41, 5.74) is 7.05. The molecule has 0 unspecified atom stereocenters. The van der Waals surface area contributed by atoms with Crippen molar-refractivity contribution < 1.29 is 8.42 Å². The number of nitrogens with one attached hydrogen (secondary N) is 1. The Morgan fingerprint density at radius 1 is 1.14 bits per heavy atom. The first-order valence-corrected chi connectivity index (χ1v) is 9.17. The molecular formula is C16H28N2O2S. The molecule has 1 aromatic rings. The number of anilines is 1. The van der Waals surface area contributed by atoms with Crippen LogP contribution in [0.4, 0.5) is 5.69 Å². The number of aryl methyl sites for hydroxylation is 1. The minimum absolute atomic E-state index is 0.174. The van der Waals surface area contributed by atoms with Crippen molar-refractivity contribution in [2.45, 2.75) is 57.8 Å². The summed E-state index contributed by atoms with van der Waals surface area (Å²) in [4.78, 5) is 0.174. The van der Waals surface area contributed by atoms with Crippen LogP contribution < -0.4 is 10.5 Å². The summed E-state index contributed by atoms with van der Waals surface area (Å²) in [6.45, 7) is 6.80. The molecule has 1 rings (SSSR count). The lowest BCUT2D eigenvalue weighted by Crippen LogP contribution is -2.25. The summed E-state index contributed by atoms with van der Waals surface area (Å²) in [6.07, 6.45) is 5.54. The molecule has 0 saturated carbocycles. The second kappa shape index (κ2) is 8.39. The lowest BCUT2D eigenvalue weighted by molar-refractivity contribution is 0.517. The molecule has 3 N–H and O–H groups in total. The summed E-state index contributed by atoms with van der Waals surface area (Å²) in [5.74, 6) is 0.744. The van der Waals surface area contributed by atoms with Gasteiger partial charge in [0.1, 0.15) is 4.90 Å². The Morgan fingerprint density at radius 2 is 1.81 bits per heavy atom. The van der Waals surface area contributed by atoms with Crippen molar-refractivity contribution >= 4 is 15.7 Å². The maximum absolute atomic E-state index is 12.2. The van der Waals surface area contributed by atoms with Gasteiger partial charge in [-0.05, 0) is 37.0 Å². The average molecular weight is 312 g/mol. The summed E-state index contributed by atoms with van der Waals surface area (Å²) >= 11 is 0. The molecule has 0 aromatic heterocycles. The number of nitrogen functional groups attached to an aromatic ring is 1. The van der Waals surface area contributed by atoms with E-state index in [9.17, 15) is 8.42 Å². The molecule has 0 saturated heterocycles. The van der Waals surface area contributed by atoms with E-state index >= 15 is 0 Å². The first-order chi connectivity index (χ1) is 9.83. The standard InChI is InChI=1S/C16H28N2O2S/c1-13(2)8-6-4-5-7-11-18-21(19,20)16-10-9-14(3)12-15(16)17/h9-10,12-13,18H,4-8,11,17H2,1-3H3. The van der Waals surface area contributed by atoms with Gasteiger partial charge in [0.25, 0.3) is 0 Å².